The molecular formula is C12H14N4. The highest BCUT2D eigenvalue weighted by atomic mass is 15.1. The molecule has 1 aromatic carbocycles. The number of nitrogens with one attached hydrogen (secondary N) is 1. The van der Waals surface area contributed by atoms with E-state index >= 15 is 0 Å². The number of benzene rings is 1. The molecule has 0 unspecified atom stereocenters. The lowest BCUT2D eigenvalue weighted by molar-refractivity contribution is 1.03. The first-order valence-electron chi connectivity index (χ1n) is 5.12. The molecule has 0 saturated heterocycles. The Balaban J connectivity index is 2.05. The van der Waals surface area contributed by atoms with Crippen LogP contribution in [0.3, 0.4) is 0 Å². The van der Waals surface area contributed by atoms with Gasteiger partial charge < -0.3 is 11.1 Å². The Labute approximate surface area is 94.5 Å². The smallest absolute Gasteiger partial charge is 0.223 e. The number of para-hydroxylation sites is 1. The van der Waals surface area contributed by atoms with Crippen LogP contribution in [0.25, 0.3) is 0 Å². The topological polar surface area (TPSA) is 63.8 Å². The molecule has 1 aromatic heterocycles. The molecule has 0 fully saturated rings. The van der Waals surface area contributed by atoms with Crippen LogP contribution in [-0.2, 0) is 6.54 Å². The minimum absolute atomic E-state index is 0.628. The Morgan fingerprint density at radius 3 is 2.81 bits per heavy atom. The molecule has 0 bridgehead atoms. The number of aromatic nitrogens is 2. The summed E-state index contributed by atoms with van der Waals surface area (Å²) in [6, 6.07) is 9.61. The quantitative estimate of drug-likeness (QED) is 0.767. The van der Waals surface area contributed by atoms with Crippen molar-refractivity contribution in [3.05, 3.63) is 47.8 Å². The summed E-state index contributed by atoms with van der Waals surface area (Å²) >= 11 is 0. The standard InChI is InChI=1S/C12H14N4/c1-9-6-7-14-12(16-9)15-8-10-4-2-3-5-11(10)13/h2-7H,8,13H2,1H3,(H,14,15,16). The second-order valence-electron chi connectivity index (χ2n) is 3.57. The average Bonchev–Trinajstić information content (AvgIpc) is 2.28. The van der Waals surface area contributed by atoms with E-state index in [0.717, 1.165) is 16.9 Å². The molecule has 0 spiro atoms. The summed E-state index contributed by atoms with van der Waals surface area (Å²) in [6.07, 6.45) is 1.74. The highest BCUT2D eigenvalue weighted by Crippen LogP contribution is 2.11. The Morgan fingerprint density at radius 1 is 1.25 bits per heavy atom. The van der Waals surface area contributed by atoms with Crippen LogP contribution >= 0.6 is 0 Å². The molecule has 0 saturated carbocycles. The van der Waals surface area contributed by atoms with Crippen molar-refractivity contribution >= 4 is 11.6 Å². The summed E-state index contributed by atoms with van der Waals surface area (Å²) in [5, 5.41) is 3.14. The summed E-state index contributed by atoms with van der Waals surface area (Å²) in [5.41, 5.74) is 8.61. The van der Waals surface area contributed by atoms with Crippen molar-refractivity contribution in [2.45, 2.75) is 13.5 Å². The van der Waals surface area contributed by atoms with Crippen molar-refractivity contribution in [3.63, 3.8) is 0 Å². The summed E-state index contributed by atoms with van der Waals surface area (Å²) in [7, 11) is 0. The van der Waals surface area contributed by atoms with Crippen LogP contribution in [-0.4, -0.2) is 9.97 Å². The molecule has 82 valence electrons. The monoisotopic (exact) mass is 214 g/mol. The van der Waals surface area contributed by atoms with Gasteiger partial charge in [0.2, 0.25) is 5.95 Å². The fraction of sp³-hybridized carbons (Fsp3) is 0.167. The third-order valence-electron chi connectivity index (χ3n) is 2.29. The zero-order valence-corrected chi connectivity index (χ0v) is 9.14. The molecule has 0 aliphatic heterocycles. The number of rotatable bonds is 3. The van der Waals surface area contributed by atoms with Crippen LogP contribution in [0.1, 0.15) is 11.3 Å². The third kappa shape index (κ3) is 2.48. The van der Waals surface area contributed by atoms with Gasteiger partial charge in [-0.25, -0.2) is 9.97 Å². The average molecular weight is 214 g/mol. The summed E-state index contributed by atoms with van der Waals surface area (Å²) in [5.74, 6) is 0.628. The molecule has 0 atom stereocenters. The predicted octanol–water partition coefficient (Wildman–Crippen LogP) is 1.98. The number of hydrogen-bond donors (Lipinski definition) is 2. The predicted molar refractivity (Wildman–Crippen MR) is 65.0 cm³/mol. The van der Waals surface area contributed by atoms with Gasteiger partial charge in [-0.1, -0.05) is 18.2 Å². The van der Waals surface area contributed by atoms with E-state index in [2.05, 4.69) is 15.3 Å². The van der Waals surface area contributed by atoms with Crippen molar-refractivity contribution in [3.8, 4) is 0 Å². The van der Waals surface area contributed by atoms with Crippen molar-refractivity contribution in [2.75, 3.05) is 11.1 Å². The van der Waals surface area contributed by atoms with E-state index in [4.69, 9.17) is 5.73 Å². The van der Waals surface area contributed by atoms with Crippen LogP contribution in [0.15, 0.2) is 36.5 Å². The molecule has 0 radical (unpaired) electrons. The molecule has 1 heterocycles. The normalized spacial score (nSPS) is 10.1. The van der Waals surface area contributed by atoms with Crippen molar-refractivity contribution in [1.82, 2.24) is 9.97 Å². The van der Waals surface area contributed by atoms with E-state index in [1.807, 2.05) is 37.3 Å². The molecule has 2 aromatic rings. The van der Waals surface area contributed by atoms with E-state index in [1.165, 1.54) is 0 Å². The number of anilines is 2. The fourth-order valence-corrected chi connectivity index (χ4v) is 1.40. The van der Waals surface area contributed by atoms with Crippen molar-refractivity contribution < 1.29 is 0 Å². The van der Waals surface area contributed by atoms with E-state index in [0.29, 0.717) is 12.5 Å². The van der Waals surface area contributed by atoms with Crippen LogP contribution in [0.4, 0.5) is 11.6 Å². The van der Waals surface area contributed by atoms with E-state index in [1.54, 1.807) is 6.20 Å². The van der Waals surface area contributed by atoms with Gasteiger partial charge in [0.25, 0.3) is 0 Å². The Bertz CT molecular complexity index is 482. The molecule has 16 heavy (non-hydrogen) atoms. The lowest BCUT2D eigenvalue weighted by atomic mass is 10.2. The van der Waals surface area contributed by atoms with Gasteiger partial charge in [0.1, 0.15) is 0 Å². The Hall–Kier alpha value is -2.10. The SMILES string of the molecule is Cc1ccnc(NCc2ccccc2N)n1. The Morgan fingerprint density at radius 2 is 2.06 bits per heavy atom. The van der Waals surface area contributed by atoms with Crippen molar-refractivity contribution in [1.29, 1.82) is 0 Å². The second-order valence-corrected chi connectivity index (χ2v) is 3.57. The maximum atomic E-state index is 5.83. The lowest BCUT2D eigenvalue weighted by Gasteiger charge is -2.07. The fourth-order valence-electron chi connectivity index (χ4n) is 1.40. The number of aryl methyl sites for hydroxylation is 1. The summed E-state index contributed by atoms with van der Waals surface area (Å²) < 4.78 is 0. The van der Waals surface area contributed by atoms with Crippen LogP contribution in [0, 0.1) is 6.92 Å². The van der Waals surface area contributed by atoms with E-state index in [-0.39, 0.29) is 0 Å². The minimum atomic E-state index is 0.628. The number of nitrogens with zero attached hydrogens (tertiary/aromatic N) is 2. The highest BCUT2D eigenvalue weighted by Gasteiger charge is 1.99. The largest absolute Gasteiger partial charge is 0.398 e. The summed E-state index contributed by atoms with van der Waals surface area (Å²) in [6.45, 7) is 2.57. The Kier molecular flexibility index (Phi) is 3.00. The van der Waals surface area contributed by atoms with Crippen LogP contribution in [0.2, 0.25) is 0 Å². The first kappa shape index (κ1) is 10.4. The molecule has 4 nitrogen and oxygen atoms in total. The first-order chi connectivity index (χ1) is 7.75. The van der Waals surface area contributed by atoms with Gasteiger partial charge in [-0.05, 0) is 24.6 Å². The molecular weight excluding hydrogens is 200 g/mol. The number of hydrogen-bond acceptors (Lipinski definition) is 4. The zero-order valence-electron chi connectivity index (χ0n) is 9.14. The molecule has 0 amide bonds. The highest BCUT2D eigenvalue weighted by molar-refractivity contribution is 5.47. The van der Waals surface area contributed by atoms with Gasteiger partial charge in [-0.2, -0.15) is 0 Å². The number of nitrogens with two attached hydrogens (primary N) is 1. The second kappa shape index (κ2) is 4.61. The van der Waals surface area contributed by atoms with Gasteiger partial charge in [-0.3, -0.25) is 0 Å². The van der Waals surface area contributed by atoms with Gasteiger partial charge in [0.05, 0.1) is 0 Å². The van der Waals surface area contributed by atoms with Gasteiger partial charge in [0.15, 0.2) is 0 Å². The number of nitrogen functional groups attached to an aromatic ring is 1. The van der Waals surface area contributed by atoms with Gasteiger partial charge >= 0.3 is 0 Å². The first-order valence-corrected chi connectivity index (χ1v) is 5.12. The van der Waals surface area contributed by atoms with E-state index < -0.39 is 0 Å². The van der Waals surface area contributed by atoms with E-state index in [9.17, 15) is 0 Å². The maximum absolute atomic E-state index is 5.83. The lowest BCUT2D eigenvalue weighted by Crippen LogP contribution is -2.05. The zero-order chi connectivity index (χ0) is 11.4. The van der Waals surface area contributed by atoms with Crippen LogP contribution < -0.4 is 11.1 Å². The van der Waals surface area contributed by atoms with Crippen molar-refractivity contribution in [2.24, 2.45) is 0 Å². The molecule has 2 rings (SSSR count). The molecule has 0 aliphatic carbocycles. The molecule has 4 heteroatoms. The maximum Gasteiger partial charge on any atom is 0.223 e. The van der Waals surface area contributed by atoms with Crippen LogP contribution in [0.5, 0.6) is 0 Å². The molecule has 0 aliphatic rings. The van der Waals surface area contributed by atoms with Gasteiger partial charge in [0, 0.05) is 24.1 Å². The summed E-state index contributed by atoms with van der Waals surface area (Å²) in [4.78, 5) is 8.38. The third-order valence-corrected chi connectivity index (χ3v) is 2.29. The van der Waals surface area contributed by atoms with Gasteiger partial charge in [-0.15, -0.1) is 0 Å². The minimum Gasteiger partial charge on any atom is -0.398 e. The molecule has 3 N–H and O–H groups in total.